The van der Waals surface area contributed by atoms with Crippen molar-refractivity contribution in [3.05, 3.63) is 0 Å². The highest BCUT2D eigenvalue weighted by Gasteiger charge is 2.34. The van der Waals surface area contributed by atoms with Gasteiger partial charge in [0.15, 0.2) is 0 Å². The minimum atomic E-state index is 0.0651. The van der Waals surface area contributed by atoms with Gasteiger partial charge >= 0.3 is 0 Å². The minimum Gasteiger partial charge on any atom is -0.338 e. The molecule has 2 N–H and O–H groups in total. The maximum atomic E-state index is 13.1. The Hall–Kier alpha value is -0.610. The first-order valence-electron chi connectivity index (χ1n) is 8.80. The van der Waals surface area contributed by atoms with E-state index in [4.69, 9.17) is 5.73 Å². The van der Waals surface area contributed by atoms with E-state index in [1.54, 1.807) is 0 Å². The fraction of sp³-hybridized carbons (Fsp3) is 0.941. The van der Waals surface area contributed by atoms with Crippen molar-refractivity contribution in [2.75, 3.05) is 27.2 Å². The molecule has 2 saturated carbocycles. The summed E-state index contributed by atoms with van der Waals surface area (Å²) in [4.78, 5) is 17.4. The minimum absolute atomic E-state index is 0.0651. The van der Waals surface area contributed by atoms with Gasteiger partial charge in [-0.25, -0.2) is 0 Å². The molecular formula is C17H33N3O. The lowest BCUT2D eigenvalue weighted by Crippen LogP contribution is -2.49. The Labute approximate surface area is 130 Å². The van der Waals surface area contributed by atoms with Crippen LogP contribution in [0.25, 0.3) is 0 Å². The number of hydrogen-bond donors (Lipinski definition) is 1. The SMILES string of the molecule is CN(C)CCN(C(=O)C1CCCCCC1N)C1CCCC1. The van der Waals surface area contributed by atoms with Crippen molar-refractivity contribution < 1.29 is 4.79 Å². The molecule has 0 aromatic heterocycles. The van der Waals surface area contributed by atoms with Gasteiger partial charge < -0.3 is 15.5 Å². The van der Waals surface area contributed by atoms with Crippen molar-refractivity contribution >= 4 is 5.91 Å². The van der Waals surface area contributed by atoms with Gasteiger partial charge in [0.2, 0.25) is 5.91 Å². The van der Waals surface area contributed by atoms with Crippen molar-refractivity contribution in [2.24, 2.45) is 11.7 Å². The topological polar surface area (TPSA) is 49.6 Å². The number of nitrogens with two attached hydrogens (primary N) is 1. The number of rotatable bonds is 5. The van der Waals surface area contributed by atoms with Crippen LogP contribution in [0.4, 0.5) is 0 Å². The second-order valence-electron chi connectivity index (χ2n) is 7.18. The third-order valence-electron chi connectivity index (χ3n) is 5.22. The molecule has 0 bridgehead atoms. The predicted octanol–water partition coefficient (Wildman–Crippen LogP) is 2.23. The van der Waals surface area contributed by atoms with Gasteiger partial charge in [0, 0.05) is 25.2 Å². The molecule has 2 rings (SSSR count). The van der Waals surface area contributed by atoms with Crippen LogP contribution < -0.4 is 5.73 Å². The van der Waals surface area contributed by atoms with Crippen molar-refractivity contribution in [1.82, 2.24) is 9.80 Å². The third kappa shape index (κ3) is 4.68. The van der Waals surface area contributed by atoms with Crippen LogP contribution in [0.5, 0.6) is 0 Å². The molecule has 21 heavy (non-hydrogen) atoms. The van der Waals surface area contributed by atoms with Gasteiger partial charge in [-0.2, -0.15) is 0 Å². The van der Waals surface area contributed by atoms with Crippen molar-refractivity contribution in [3.8, 4) is 0 Å². The van der Waals surface area contributed by atoms with E-state index in [-0.39, 0.29) is 12.0 Å². The molecule has 0 saturated heterocycles. The standard InChI is InChI=1S/C17H33N3O/c1-19(2)12-13-20(14-8-6-7-9-14)17(21)15-10-4-3-5-11-16(15)18/h14-16H,3-13,18H2,1-2H3. The van der Waals surface area contributed by atoms with E-state index >= 15 is 0 Å². The molecule has 2 aliphatic rings. The molecule has 0 aromatic carbocycles. The zero-order chi connectivity index (χ0) is 15.2. The van der Waals surface area contributed by atoms with E-state index in [1.165, 1.54) is 38.5 Å². The highest BCUT2D eigenvalue weighted by Crippen LogP contribution is 2.29. The summed E-state index contributed by atoms with van der Waals surface area (Å²) in [6.07, 6.45) is 10.5. The average molecular weight is 295 g/mol. The van der Waals surface area contributed by atoms with Crippen molar-refractivity contribution in [1.29, 1.82) is 0 Å². The molecule has 4 nitrogen and oxygen atoms in total. The van der Waals surface area contributed by atoms with Crippen LogP contribution in [0.1, 0.15) is 57.8 Å². The zero-order valence-electron chi connectivity index (χ0n) is 13.9. The first-order chi connectivity index (χ1) is 10.1. The van der Waals surface area contributed by atoms with Crippen LogP contribution in [0.3, 0.4) is 0 Å². The Bertz CT molecular complexity index is 326. The fourth-order valence-electron chi connectivity index (χ4n) is 3.85. The second-order valence-corrected chi connectivity index (χ2v) is 7.18. The highest BCUT2D eigenvalue weighted by atomic mass is 16.2. The van der Waals surface area contributed by atoms with Gasteiger partial charge in [-0.3, -0.25) is 4.79 Å². The van der Waals surface area contributed by atoms with E-state index in [0.29, 0.717) is 11.9 Å². The summed E-state index contributed by atoms with van der Waals surface area (Å²) in [5.74, 6) is 0.411. The summed E-state index contributed by atoms with van der Waals surface area (Å²) in [6.45, 7) is 1.81. The first kappa shape index (κ1) is 16.8. The largest absolute Gasteiger partial charge is 0.338 e. The van der Waals surface area contributed by atoms with Crippen LogP contribution in [0.2, 0.25) is 0 Å². The number of carbonyl (C=O) groups excluding carboxylic acids is 1. The molecule has 0 spiro atoms. The van der Waals surface area contributed by atoms with Gasteiger partial charge in [0.1, 0.15) is 0 Å². The van der Waals surface area contributed by atoms with Crippen molar-refractivity contribution in [3.63, 3.8) is 0 Å². The van der Waals surface area contributed by atoms with E-state index < -0.39 is 0 Å². The number of nitrogens with zero attached hydrogens (tertiary/aromatic N) is 2. The molecule has 0 heterocycles. The van der Waals surface area contributed by atoms with Gasteiger partial charge in [-0.15, -0.1) is 0 Å². The molecule has 1 amide bonds. The van der Waals surface area contributed by atoms with Crippen LogP contribution in [-0.4, -0.2) is 55.0 Å². The molecule has 2 unspecified atom stereocenters. The first-order valence-corrected chi connectivity index (χ1v) is 8.80. The lowest BCUT2D eigenvalue weighted by atomic mass is 9.93. The molecule has 0 aromatic rings. The number of hydrogen-bond acceptors (Lipinski definition) is 3. The summed E-state index contributed by atoms with van der Waals surface area (Å²) in [5.41, 5.74) is 6.31. The smallest absolute Gasteiger partial charge is 0.227 e. The fourth-order valence-corrected chi connectivity index (χ4v) is 3.85. The molecular weight excluding hydrogens is 262 g/mol. The summed E-state index contributed by atoms with van der Waals surface area (Å²) in [7, 11) is 4.16. The normalized spacial score (nSPS) is 27.8. The Balaban J connectivity index is 2.04. The van der Waals surface area contributed by atoms with Gasteiger partial charge in [0.05, 0.1) is 5.92 Å². The Morgan fingerprint density at radius 2 is 1.57 bits per heavy atom. The summed E-state index contributed by atoms with van der Waals surface area (Å²) in [5, 5.41) is 0. The summed E-state index contributed by atoms with van der Waals surface area (Å²) < 4.78 is 0. The van der Waals surface area contributed by atoms with Crippen LogP contribution in [0.15, 0.2) is 0 Å². The Morgan fingerprint density at radius 3 is 2.24 bits per heavy atom. The van der Waals surface area contributed by atoms with E-state index in [1.807, 2.05) is 0 Å². The average Bonchev–Trinajstić information content (AvgIpc) is 2.87. The predicted molar refractivity (Wildman–Crippen MR) is 87.1 cm³/mol. The number of carbonyl (C=O) groups is 1. The Morgan fingerprint density at radius 1 is 0.952 bits per heavy atom. The lowest BCUT2D eigenvalue weighted by Gasteiger charge is -2.34. The van der Waals surface area contributed by atoms with Gasteiger partial charge in [-0.05, 0) is 39.8 Å². The third-order valence-corrected chi connectivity index (χ3v) is 5.22. The second kappa shape index (κ2) is 8.14. The van der Waals surface area contributed by atoms with E-state index in [2.05, 4.69) is 23.9 Å². The molecule has 122 valence electrons. The molecule has 2 atom stereocenters. The molecule has 0 aliphatic heterocycles. The summed E-state index contributed by atoms with van der Waals surface area (Å²) in [6, 6.07) is 0.538. The maximum Gasteiger partial charge on any atom is 0.227 e. The molecule has 0 radical (unpaired) electrons. The van der Waals surface area contributed by atoms with Crippen molar-refractivity contribution in [2.45, 2.75) is 69.9 Å². The van der Waals surface area contributed by atoms with E-state index in [9.17, 15) is 4.79 Å². The molecule has 2 fully saturated rings. The zero-order valence-corrected chi connectivity index (χ0v) is 13.9. The van der Waals surface area contributed by atoms with Crippen LogP contribution >= 0.6 is 0 Å². The van der Waals surface area contributed by atoms with Gasteiger partial charge in [-0.1, -0.05) is 32.1 Å². The lowest BCUT2D eigenvalue weighted by molar-refractivity contribution is -0.139. The van der Waals surface area contributed by atoms with Crippen LogP contribution in [0, 0.1) is 5.92 Å². The van der Waals surface area contributed by atoms with E-state index in [0.717, 1.165) is 32.4 Å². The monoisotopic (exact) mass is 295 g/mol. The molecule has 4 heteroatoms. The quantitative estimate of drug-likeness (QED) is 0.791. The molecule has 2 aliphatic carbocycles. The number of amides is 1. The maximum absolute atomic E-state index is 13.1. The number of likely N-dealkylation sites (N-methyl/N-ethyl adjacent to an activating group) is 1. The Kier molecular flexibility index (Phi) is 6.49. The highest BCUT2D eigenvalue weighted by molar-refractivity contribution is 5.80. The van der Waals surface area contributed by atoms with Crippen LogP contribution in [-0.2, 0) is 4.79 Å². The van der Waals surface area contributed by atoms with Gasteiger partial charge in [0.25, 0.3) is 0 Å². The summed E-state index contributed by atoms with van der Waals surface area (Å²) >= 11 is 0.